The quantitative estimate of drug-likeness (QED) is 0.661. The highest BCUT2D eigenvalue weighted by atomic mass is 19.4. The third-order valence-corrected chi connectivity index (χ3v) is 4.80. The molecule has 0 spiro atoms. The second kappa shape index (κ2) is 8.15. The summed E-state index contributed by atoms with van der Waals surface area (Å²) in [5.41, 5.74) is 1.06. The van der Waals surface area contributed by atoms with Crippen molar-refractivity contribution in [2.45, 2.75) is 57.7 Å². The number of halogens is 3. The molecular weight excluding hydrogens is 355 g/mol. The van der Waals surface area contributed by atoms with Crippen LogP contribution in [0.4, 0.5) is 24.8 Å². The molecule has 1 aliphatic carbocycles. The lowest BCUT2D eigenvalue weighted by Gasteiger charge is -2.23. The van der Waals surface area contributed by atoms with Crippen LogP contribution in [0.2, 0.25) is 0 Å². The second-order valence-corrected chi connectivity index (χ2v) is 6.85. The molecule has 7 heteroatoms. The van der Waals surface area contributed by atoms with Gasteiger partial charge >= 0.3 is 6.18 Å². The zero-order valence-corrected chi connectivity index (χ0v) is 15.6. The molecular formula is C20H24F3N3O. The van der Waals surface area contributed by atoms with Gasteiger partial charge in [-0.3, -0.25) is 0 Å². The van der Waals surface area contributed by atoms with Gasteiger partial charge in [0.25, 0.3) is 0 Å². The predicted molar refractivity (Wildman–Crippen MR) is 98.4 cm³/mol. The molecule has 0 aliphatic heterocycles. The molecule has 1 fully saturated rings. The third-order valence-electron chi connectivity index (χ3n) is 4.80. The molecule has 146 valence electrons. The Balaban J connectivity index is 1.96. The maximum atomic E-state index is 13.4. The van der Waals surface area contributed by atoms with Gasteiger partial charge < -0.3 is 9.64 Å². The van der Waals surface area contributed by atoms with Crippen LogP contribution in [0.25, 0.3) is 0 Å². The molecule has 1 aromatic heterocycles. The monoisotopic (exact) mass is 379 g/mol. The molecule has 1 saturated carbocycles. The van der Waals surface area contributed by atoms with Gasteiger partial charge in [0.15, 0.2) is 0 Å². The summed E-state index contributed by atoms with van der Waals surface area (Å²) in [7, 11) is 1.76. The number of para-hydroxylation sites is 1. The molecule has 0 bridgehead atoms. The molecule has 1 heterocycles. The summed E-state index contributed by atoms with van der Waals surface area (Å²) in [5, 5.41) is 0. The SMILES string of the molecule is CCCc1ccccc1N(C)c1ncc(C(F)(F)F)c(OC2CCCC2)n1. The first kappa shape index (κ1) is 19.5. The first-order valence-electron chi connectivity index (χ1n) is 9.32. The van der Waals surface area contributed by atoms with E-state index >= 15 is 0 Å². The molecule has 0 amide bonds. The molecule has 1 aromatic carbocycles. The Kier molecular flexibility index (Phi) is 5.87. The average molecular weight is 379 g/mol. The summed E-state index contributed by atoms with van der Waals surface area (Å²) >= 11 is 0. The number of nitrogens with zero attached hydrogens (tertiary/aromatic N) is 3. The van der Waals surface area contributed by atoms with Gasteiger partial charge in [-0.2, -0.15) is 18.2 Å². The molecule has 0 atom stereocenters. The smallest absolute Gasteiger partial charge is 0.423 e. The number of hydrogen-bond acceptors (Lipinski definition) is 4. The minimum Gasteiger partial charge on any atom is -0.474 e. The van der Waals surface area contributed by atoms with Crippen molar-refractivity contribution in [3.8, 4) is 5.88 Å². The minimum atomic E-state index is -4.55. The van der Waals surface area contributed by atoms with Gasteiger partial charge in [-0.15, -0.1) is 0 Å². The molecule has 3 rings (SSSR count). The lowest BCUT2D eigenvalue weighted by molar-refractivity contribution is -0.139. The van der Waals surface area contributed by atoms with Crippen LogP contribution in [0, 0.1) is 0 Å². The van der Waals surface area contributed by atoms with Crippen LogP contribution in [-0.2, 0) is 12.6 Å². The van der Waals surface area contributed by atoms with E-state index in [1.54, 1.807) is 11.9 Å². The fourth-order valence-electron chi connectivity index (χ4n) is 3.39. The van der Waals surface area contributed by atoms with E-state index in [0.717, 1.165) is 56.0 Å². The Bertz CT molecular complexity index is 773. The van der Waals surface area contributed by atoms with E-state index in [4.69, 9.17) is 4.74 Å². The Hall–Kier alpha value is -2.31. The Morgan fingerprint density at radius 2 is 1.89 bits per heavy atom. The molecule has 4 nitrogen and oxygen atoms in total. The topological polar surface area (TPSA) is 38.2 Å². The highest BCUT2D eigenvalue weighted by Gasteiger charge is 2.37. The minimum absolute atomic E-state index is 0.194. The molecule has 0 radical (unpaired) electrons. The highest BCUT2D eigenvalue weighted by molar-refractivity contribution is 5.61. The van der Waals surface area contributed by atoms with E-state index in [0.29, 0.717) is 0 Å². The van der Waals surface area contributed by atoms with Crippen LogP contribution in [0.1, 0.15) is 50.2 Å². The van der Waals surface area contributed by atoms with Crippen molar-refractivity contribution in [2.75, 3.05) is 11.9 Å². The lowest BCUT2D eigenvalue weighted by Crippen LogP contribution is -2.20. The van der Waals surface area contributed by atoms with Crippen LogP contribution in [-0.4, -0.2) is 23.1 Å². The van der Waals surface area contributed by atoms with E-state index in [1.165, 1.54) is 0 Å². The number of alkyl halides is 3. The van der Waals surface area contributed by atoms with Crippen LogP contribution >= 0.6 is 0 Å². The first-order chi connectivity index (χ1) is 12.9. The second-order valence-electron chi connectivity index (χ2n) is 6.85. The Morgan fingerprint density at radius 1 is 1.19 bits per heavy atom. The van der Waals surface area contributed by atoms with Gasteiger partial charge in [-0.05, 0) is 43.7 Å². The molecule has 2 aromatic rings. The van der Waals surface area contributed by atoms with Crippen molar-refractivity contribution in [3.05, 3.63) is 41.6 Å². The normalized spacial score (nSPS) is 15.1. The van der Waals surface area contributed by atoms with Crippen LogP contribution in [0.5, 0.6) is 5.88 Å². The number of aryl methyl sites for hydroxylation is 1. The Morgan fingerprint density at radius 3 is 2.56 bits per heavy atom. The molecule has 1 aliphatic rings. The fourth-order valence-corrected chi connectivity index (χ4v) is 3.39. The predicted octanol–water partition coefficient (Wildman–Crippen LogP) is 5.54. The van der Waals surface area contributed by atoms with Gasteiger partial charge in [0.2, 0.25) is 11.8 Å². The summed E-state index contributed by atoms with van der Waals surface area (Å²) < 4.78 is 45.7. The Labute approximate surface area is 157 Å². The van der Waals surface area contributed by atoms with Crippen LogP contribution in [0.15, 0.2) is 30.5 Å². The summed E-state index contributed by atoms with van der Waals surface area (Å²) in [6.07, 6.45) is 1.34. The number of rotatable bonds is 6. The molecule has 0 unspecified atom stereocenters. The summed E-state index contributed by atoms with van der Waals surface area (Å²) in [6, 6.07) is 7.77. The van der Waals surface area contributed by atoms with E-state index in [-0.39, 0.29) is 17.9 Å². The highest BCUT2D eigenvalue weighted by Crippen LogP contribution is 2.38. The van der Waals surface area contributed by atoms with Gasteiger partial charge in [-0.25, -0.2) is 4.98 Å². The zero-order valence-electron chi connectivity index (χ0n) is 15.6. The number of ether oxygens (including phenoxy) is 1. The lowest BCUT2D eigenvalue weighted by atomic mass is 10.1. The van der Waals surface area contributed by atoms with Crippen LogP contribution < -0.4 is 9.64 Å². The average Bonchev–Trinajstić information content (AvgIpc) is 3.14. The summed E-state index contributed by atoms with van der Waals surface area (Å²) in [5.74, 6) is -0.182. The van der Waals surface area contributed by atoms with Crippen molar-refractivity contribution in [1.82, 2.24) is 9.97 Å². The van der Waals surface area contributed by atoms with Crippen LogP contribution in [0.3, 0.4) is 0 Å². The van der Waals surface area contributed by atoms with E-state index in [2.05, 4.69) is 16.9 Å². The van der Waals surface area contributed by atoms with E-state index in [9.17, 15) is 13.2 Å². The number of hydrogen-bond donors (Lipinski definition) is 0. The van der Waals surface area contributed by atoms with Crippen molar-refractivity contribution < 1.29 is 17.9 Å². The first-order valence-corrected chi connectivity index (χ1v) is 9.32. The maximum Gasteiger partial charge on any atom is 0.423 e. The van der Waals surface area contributed by atoms with Gasteiger partial charge in [0.05, 0.1) is 0 Å². The number of anilines is 2. The van der Waals surface area contributed by atoms with Crippen molar-refractivity contribution >= 4 is 11.6 Å². The standard InChI is InChI=1S/C20H24F3N3O/c1-3-8-14-9-4-7-12-17(14)26(2)19-24-13-16(20(21,22)23)18(25-19)27-15-10-5-6-11-15/h4,7,9,12-13,15H,3,5-6,8,10-11H2,1-2H3. The summed E-state index contributed by atoms with van der Waals surface area (Å²) in [4.78, 5) is 9.84. The third kappa shape index (κ3) is 4.51. The van der Waals surface area contributed by atoms with Gasteiger partial charge in [0.1, 0.15) is 11.7 Å². The zero-order chi connectivity index (χ0) is 19.4. The van der Waals surface area contributed by atoms with E-state index in [1.807, 2.05) is 24.3 Å². The van der Waals surface area contributed by atoms with Crippen molar-refractivity contribution in [1.29, 1.82) is 0 Å². The molecule has 27 heavy (non-hydrogen) atoms. The maximum absolute atomic E-state index is 13.4. The van der Waals surface area contributed by atoms with Gasteiger partial charge in [0, 0.05) is 18.9 Å². The van der Waals surface area contributed by atoms with Crippen molar-refractivity contribution in [2.24, 2.45) is 0 Å². The van der Waals surface area contributed by atoms with E-state index < -0.39 is 11.7 Å². The van der Waals surface area contributed by atoms with Crippen molar-refractivity contribution in [3.63, 3.8) is 0 Å². The summed E-state index contributed by atoms with van der Waals surface area (Å²) in [6.45, 7) is 2.08. The fraction of sp³-hybridized carbons (Fsp3) is 0.500. The largest absolute Gasteiger partial charge is 0.474 e. The molecule has 0 N–H and O–H groups in total. The number of benzene rings is 1. The van der Waals surface area contributed by atoms with Gasteiger partial charge in [-0.1, -0.05) is 31.5 Å². The molecule has 0 saturated heterocycles. The number of aromatic nitrogens is 2.